The normalized spacial score (nSPS) is 14.0. The van der Waals surface area contributed by atoms with Gasteiger partial charge in [0.1, 0.15) is 11.3 Å². The van der Waals surface area contributed by atoms with Gasteiger partial charge in [0.15, 0.2) is 11.5 Å². The van der Waals surface area contributed by atoms with Gasteiger partial charge in [0.25, 0.3) is 5.91 Å². The van der Waals surface area contributed by atoms with Gasteiger partial charge in [-0.15, -0.1) is 0 Å². The summed E-state index contributed by atoms with van der Waals surface area (Å²) >= 11 is 0. The number of nitrogens with zero attached hydrogens (tertiary/aromatic N) is 1. The first-order valence-electron chi connectivity index (χ1n) is 10.2. The number of hydrogen-bond acceptors (Lipinski definition) is 6. The van der Waals surface area contributed by atoms with Gasteiger partial charge in [-0.3, -0.25) is 4.79 Å². The molecule has 164 valence electrons. The SMILES string of the molecule is Cc1ccc(S(=O)(=O)NCc2ccco2)cc1C(=O)Nc1ccc2oc(C3CC3)nc2c1. The van der Waals surface area contributed by atoms with Crippen molar-refractivity contribution in [3.63, 3.8) is 0 Å². The van der Waals surface area contributed by atoms with Gasteiger partial charge in [-0.25, -0.2) is 18.1 Å². The lowest BCUT2D eigenvalue weighted by atomic mass is 10.1. The maximum atomic E-state index is 12.9. The van der Waals surface area contributed by atoms with Crippen molar-refractivity contribution in [3.8, 4) is 0 Å². The molecule has 2 aromatic heterocycles. The Hall–Kier alpha value is -3.43. The lowest BCUT2D eigenvalue weighted by molar-refractivity contribution is 0.102. The van der Waals surface area contributed by atoms with Crippen molar-refractivity contribution in [1.29, 1.82) is 0 Å². The maximum Gasteiger partial charge on any atom is 0.255 e. The van der Waals surface area contributed by atoms with E-state index < -0.39 is 15.9 Å². The van der Waals surface area contributed by atoms with Crippen molar-refractivity contribution in [2.75, 3.05) is 5.32 Å². The number of furan rings is 1. The van der Waals surface area contributed by atoms with Crippen molar-refractivity contribution in [1.82, 2.24) is 9.71 Å². The summed E-state index contributed by atoms with van der Waals surface area (Å²) in [5, 5.41) is 2.83. The summed E-state index contributed by atoms with van der Waals surface area (Å²) in [7, 11) is -3.82. The zero-order chi connectivity index (χ0) is 22.3. The summed E-state index contributed by atoms with van der Waals surface area (Å²) in [6.45, 7) is 1.77. The van der Waals surface area contributed by atoms with Crippen LogP contribution in [0, 0.1) is 6.92 Å². The smallest absolute Gasteiger partial charge is 0.255 e. The first-order chi connectivity index (χ1) is 15.4. The van der Waals surface area contributed by atoms with Gasteiger partial charge in [0, 0.05) is 17.2 Å². The molecule has 1 fully saturated rings. The second-order valence-electron chi connectivity index (χ2n) is 7.84. The molecule has 0 atom stereocenters. The molecule has 4 aromatic rings. The predicted octanol–water partition coefficient (Wildman–Crippen LogP) is 4.34. The third kappa shape index (κ3) is 4.17. The van der Waals surface area contributed by atoms with Gasteiger partial charge in [-0.05, 0) is 67.8 Å². The molecule has 9 heteroatoms. The van der Waals surface area contributed by atoms with E-state index in [-0.39, 0.29) is 17.0 Å². The highest BCUT2D eigenvalue weighted by molar-refractivity contribution is 7.89. The lowest BCUT2D eigenvalue weighted by Gasteiger charge is -2.11. The molecule has 1 aliphatic rings. The van der Waals surface area contributed by atoms with Crippen LogP contribution in [0.2, 0.25) is 0 Å². The maximum absolute atomic E-state index is 12.9. The second-order valence-corrected chi connectivity index (χ2v) is 9.61. The molecule has 0 saturated heterocycles. The average Bonchev–Trinajstić information content (AvgIpc) is 3.31. The summed E-state index contributed by atoms with van der Waals surface area (Å²) < 4.78 is 38.7. The molecule has 0 bridgehead atoms. The van der Waals surface area contributed by atoms with Crippen LogP contribution in [-0.2, 0) is 16.6 Å². The fourth-order valence-corrected chi connectivity index (χ4v) is 4.42. The van der Waals surface area contributed by atoms with Gasteiger partial charge in [0.2, 0.25) is 10.0 Å². The second kappa shape index (κ2) is 7.92. The molecular weight excluding hydrogens is 430 g/mol. The van der Waals surface area contributed by atoms with Crippen LogP contribution in [0.15, 0.2) is 68.5 Å². The summed E-state index contributed by atoms with van der Waals surface area (Å²) in [6, 6.07) is 13.1. The molecule has 1 saturated carbocycles. The lowest BCUT2D eigenvalue weighted by Crippen LogP contribution is -2.24. The van der Waals surface area contributed by atoms with E-state index in [0.29, 0.717) is 34.0 Å². The summed E-state index contributed by atoms with van der Waals surface area (Å²) in [6.07, 6.45) is 3.65. The largest absolute Gasteiger partial charge is 0.468 e. The molecule has 2 N–H and O–H groups in total. The van der Waals surface area contributed by atoms with Gasteiger partial charge in [0.05, 0.1) is 17.7 Å². The number of carbonyl (C=O) groups is 1. The van der Waals surface area contributed by atoms with E-state index in [1.807, 2.05) is 0 Å². The van der Waals surface area contributed by atoms with Crippen LogP contribution in [0.5, 0.6) is 0 Å². The Balaban J connectivity index is 1.35. The van der Waals surface area contributed by atoms with E-state index in [2.05, 4.69) is 15.0 Å². The highest BCUT2D eigenvalue weighted by Crippen LogP contribution is 2.40. The number of rotatable bonds is 7. The molecule has 32 heavy (non-hydrogen) atoms. The van der Waals surface area contributed by atoms with E-state index in [1.165, 1.54) is 18.4 Å². The van der Waals surface area contributed by atoms with Crippen LogP contribution in [-0.4, -0.2) is 19.3 Å². The van der Waals surface area contributed by atoms with Crippen LogP contribution in [0.1, 0.15) is 46.3 Å². The van der Waals surface area contributed by atoms with Gasteiger partial charge in [-0.1, -0.05) is 6.07 Å². The molecular formula is C23H21N3O5S. The van der Waals surface area contributed by atoms with Crippen LogP contribution in [0.25, 0.3) is 11.1 Å². The number of aryl methyl sites for hydroxylation is 1. The highest BCUT2D eigenvalue weighted by Gasteiger charge is 2.29. The molecule has 0 unspecified atom stereocenters. The number of fused-ring (bicyclic) bond motifs is 1. The highest BCUT2D eigenvalue weighted by atomic mass is 32.2. The average molecular weight is 452 g/mol. The molecule has 0 spiro atoms. The zero-order valence-corrected chi connectivity index (χ0v) is 18.1. The molecule has 5 rings (SSSR count). The van der Waals surface area contributed by atoms with Gasteiger partial charge < -0.3 is 14.2 Å². The molecule has 1 aliphatic carbocycles. The fourth-order valence-electron chi connectivity index (χ4n) is 3.40. The number of sulfonamides is 1. The van der Waals surface area contributed by atoms with E-state index in [9.17, 15) is 13.2 Å². The Labute approximate surface area is 184 Å². The van der Waals surface area contributed by atoms with E-state index in [0.717, 1.165) is 18.7 Å². The Morgan fingerprint density at radius 2 is 2.00 bits per heavy atom. The van der Waals surface area contributed by atoms with Crippen LogP contribution >= 0.6 is 0 Å². The minimum atomic E-state index is -3.82. The number of hydrogen-bond donors (Lipinski definition) is 2. The predicted molar refractivity (Wildman–Crippen MR) is 118 cm³/mol. The van der Waals surface area contributed by atoms with Crippen LogP contribution < -0.4 is 10.0 Å². The number of aromatic nitrogens is 1. The Morgan fingerprint density at radius 3 is 2.75 bits per heavy atom. The number of oxazole rings is 1. The van der Waals surface area contributed by atoms with Gasteiger partial charge in [-0.2, -0.15) is 0 Å². The van der Waals surface area contributed by atoms with Crippen LogP contribution in [0.3, 0.4) is 0 Å². The van der Waals surface area contributed by atoms with E-state index >= 15 is 0 Å². The molecule has 0 radical (unpaired) electrons. The molecule has 2 heterocycles. The topological polar surface area (TPSA) is 114 Å². The van der Waals surface area contributed by atoms with E-state index in [4.69, 9.17) is 8.83 Å². The molecule has 8 nitrogen and oxygen atoms in total. The third-order valence-corrected chi connectivity index (χ3v) is 6.77. The standard InChI is InChI=1S/C23H21N3O5S/c1-14-4-8-18(32(28,29)24-13-17-3-2-10-30-17)12-19(14)22(27)25-16-7-9-21-20(11-16)26-23(31-21)15-5-6-15/h2-4,7-12,15,24H,5-6,13H2,1H3,(H,25,27). The first kappa shape index (κ1) is 20.5. The third-order valence-electron chi connectivity index (χ3n) is 5.37. The monoisotopic (exact) mass is 451 g/mol. The Bertz CT molecular complexity index is 1400. The van der Waals surface area contributed by atoms with Crippen molar-refractivity contribution >= 4 is 32.7 Å². The summed E-state index contributed by atoms with van der Waals surface area (Å²) in [5.41, 5.74) is 2.84. The van der Waals surface area contributed by atoms with E-state index in [1.54, 1.807) is 43.3 Å². The first-order valence-corrected chi connectivity index (χ1v) is 11.7. The zero-order valence-electron chi connectivity index (χ0n) is 17.3. The Kier molecular flexibility index (Phi) is 5.07. The number of nitrogens with one attached hydrogen (secondary N) is 2. The van der Waals surface area contributed by atoms with Crippen molar-refractivity contribution < 1.29 is 22.0 Å². The summed E-state index contributed by atoms with van der Waals surface area (Å²) in [4.78, 5) is 17.4. The number of benzene rings is 2. The number of anilines is 1. The van der Waals surface area contributed by atoms with Crippen molar-refractivity contribution in [2.45, 2.75) is 37.1 Å². The van der Waals surface area contributed by atoms with Gasteiger partial charge >= 0.3 is 0 Å². The van der Waals surface area contributed by atoms with Crippen LogP contribution in [0.4, 0.5) is 5.69 Å². The Morgan fingerprint density at radius 1 is 1.16 bits per heavy atom. The minimum absolute atomic E-state index is 0.000773. The molecule has 2 aromatic carbocycles. The molecule has 1 amide bonds. The quantitative estimate of drug-likeness (QED) is 0.432. The minimum Gasteiger partial charge on any atom is -0.468 e. The fraction of sp³-hybridized carbons (Fsp3) is 0.217. The van der Waals surface area contributed by atoms with Crippen molar-refractivity contribution in [2.24, 2.45) is 0 Å². The number of carbonyl (C=O) groups excluding carboxylic acids is 1. The number of amides is 1. The summed E-state index contributed by atoms with van der Waals surface area (Å²) in [5.74, 6) is 1.22. The van der Waals surface area contributed by atoms with Crippen molar-refractivity contribution in [3.05, 3.63) is 77.6 Å². The molecule has 0 aliphatic heterocycles.